The zero-order valence-corrected chi connectivity index (χ0v) is 13.5. The van der Waals surface area contributed by atoms with Crippen molar-refractivity contribution in [3.05, 3.63) is 54.4 Å². The van der Waals surface area contributed by atoms with Gasteiger partial charge in [0.05, 0.1) is 12.8 Å². The van der Waals surface area contributed by atoms with Gasteiger partial charge in [-0.15, -0.1) is 0 Å². The molecule has 1 aliphatic heterocycles. The number of ether oxygens (including phenoxy) is 2. The molecule has 0 atom stereocenters. The smallest absolute Gasteiger partial charge is 0.265 e. The maximum absolute atomic E-state index is 12.2. The number of amides is 1. The van der Waals surface area contributed by atoms with Crippen LogP contribution in [0.3, 0.4) is 0 Å². The third-order valence-corrected chi connectivity index (χ3v) is 3.90. The van der Waals surface area contributed by atoms with Gasteiger partial charge in [0.1, 0.15) is 18.0 Å². The molecular formula is C18H15N3O4. The number of anilines is 1. The number of carbonyl (C=O) groups is 1. The van der Waals surface area contributed by atoms with Gasteiger partial charge in [0, 0.05) is 5.56 Å². The number of aromatic nitrogens is 2. The highest BCUT2D eigenvalue weighted by Crippen LogP contribution is 2.32. The lowest BCUT2D eigenvalue weighted by Gasteiger charge is -2.27. The van der Waals surface area contributed by atoms with Gasteiger partial charge >= 0.3 is 0 Å². The molecule has 2 heterocycles. The molecule has 7 heteroatoms. The standard InChI is InChI=1S/C18H15N3O4/c1-23-13-6-4-5-12(9-13)18-19-16(25-20-18)10-21-14-7-2-3-8-15(14)24-11-17(21)22/h2-9H,10-11H2,1H3. The molecule has 0 saturated carbocycles. The lowest BCUT2D eigenvalue weighted by Crippen LogP contribution is -2.38. The van der Waals surface area contributed by atoms with E-state index in [1.165, 1.54) is 0 Å². The summed E-state index contributed by atoms with van der Waals surface area (Å²) in [5.41, 5.74) is 1.47. The van der Waals surface area contributed by atoms with E-state index in [0.717, 1.165) is 5.56 Å². The van der Waals surface area contributed by atoms with Gasteiger partial charge in [-0.3, -0.25) is 9.69 Å². The van der Waals surface area contributed by atoms with E-state index in [0.29, 0.717) is 28.9 Å². The summed E-state index contributed by atoms with van der Waals surface area (Å²) in [5, 5.41) is 4.00. The zero-order chi connectivity index (χ0) is 17.2. The van der Waals surface area contributed by atoms with Crippen molar-refractivity contribution in [2.24, 2.45) is 0 Å². The number of benzene rings is 2. The minimum absolute atomic E-state index is 0.00606. The van der Waals surface area contributed by atoms with Crippen molar-refractivity contribution in [2.75, 3.05) is 18.6 Å². The Bertz CT molecular complexity index is 922. The van der Waals surface area contributed by atoms with Crippen molar-refractivity contribution >= 4 is 11.6 Å². The SMILES string of the molecule is COc1cccc(-c2noc(CN3C(=O)COc4ccccc43)n2)c1. The fraction of sp³-hybridized carbons (Fsp3) is 0.167. The summed E-state index contributed by atoms with van der Waals surface area (Å²) in [4.78, 5) is 18.2. The molecule has 0 spiro atoms. The summed E-state index contributed by atoms with van der Waals surface area (Å²) >= 11 is 0. The largest absolute Gasteiger partial charge is 0.497 e. The van der Waals surface area contributed by atoms with E-state index < -0.39 is 0 Å². The molecule has 0 unspecified atom stereocenters. The summed E-state index contributed by atoms with van der Waals surface area (Å²) in [7, 11) is 1.60. The van der Waals surface area contributed by atoms with Crippen LogP contribution in [0, 0.1) is 0 Å². The first kappa shape index (κ1) is 15.2. The van der Waals surface area contributed by atoms with Gasteiger partial charge in [0.2, 0.25) is 11.7 Å². The molecule has 1 amide bonds. The number of nitrogens with zero attached hydrogens (tertiary/aromatic N) is 3. The van der Waals surface area contributed by atoms with Crippen LogP contribution in [-0.2, 0) is 11.3 Å². The van der Waals surface area contributed by atoms with Crippen LogP contribution in [0.4, 0.5) is 5.69 Å². The van der Waals surface area contributed by atoms with Gasteiger partial charge in [0.15, 0.2) is 6.61 Å². The molecule has 3 aromatic rings. The van der Waals surface area contributed by atoms with Gasteiger partial charge < -0.3 is 14.0 Å². The van der Waals surface area contributed by atoms with Crippen molar-refractivity contribution in [1.82, 2.24) is 10.1 Å². The van der Waals surface area contributed by atoms with Crippen LogP contribution in [-0.4, -0.2) is 29.8 Å². The molecule has 0 saturated heterocycles. The predicted molar refractivity (Wildman–Crippen MR) is 89.4 cm³/mol. The Balaban J connectivity index is 1.60. The minimum Gasteiger partial charge on any atom is -0.497 e. The Kier molecular flexibility index (Phi) is 3.81. The average molecular weight is 337 g/mol. The number of rotatable bonds is 4. The highest BCUT2D eigenvalue weighted by molar-refractivity contribution is 5.97. The van der Waals surface area contributed by atoms with E-state index in [2.05, 4.69) is 10.1 Å². The van der Waals surface area contributed by atoms with E-state index in [4.69, 9.17) is 14.0 Å². The average Bonchev–Trinajstić information content (AvgIpc) is 3.13. The molecule has 0 N–H and O–H groups in total. The second-order valence-electron chi connectivity index (χ2n) is 5.48. The predicted octanol–water partition coefficient (Wildman–Crippen LogP) is 2.67. The maximum Gasteiger partial charge on any atom is 0.265 e. The molecule has 7 nitrogen and oxygen atoms in total. The van der Waals surface area contributed by atoms with Crippen LogP contribution in [0.2, 0.25) is 0 Å². The van der Waals surface area contributed by atoms with Gasteiger partial charge in [-0.2, -0.15) is 4.98 Å². The first-order valence-electron chi connectivity index (χ1n) is 7.74. The van der Waals surface area contributed by atoms with Crippen molar-refractivity contribution in [2.45, 2.75) is 6.54 Å². The molecule has 1 aliphatic rings. The molecule has 0 bridgehead atoms. The van der Waals surface area contributed by atoms with E-state index in [9.17, 15) is 4.79 Å². The minimum atomic E-state index is -0.153. The molecule has 4 rings (SSSR count). The number of hydrogen-bond acceptors (Lipinski definition) is 6. The van der Waals surface area contributed by atoms with E-state index >= 15 is 0 Å². The lowest BCUT2D eigenvalue weighted by atomic mass is 10.2. The third-order valence-electron chi connectivity index (χ3n) is 3.90. The number of methoxy groups -OCH3 is 1. The number of fused-ring (bicyclic) bond motifs is 1. The highest BCUT2D eigenvalue weighted by Gasteiger charge is 2.27. The lowest BCUT2D eigenvalue weighted by molar-refractivity contribution is -0.121. The van der Waals surface area contributed by atoms with Crippen molar-refractivity contribution < 1.29 is 18.8 Å². The van der Waals surface area contributed by atoms with Gasteiger partial charge in [0.25, 0.3) is 5.91 Å². The topological polar surface area (TPSA) is 77.7 Å². The fourth-order valence-electron chi connectivity index (χ4n) is 2.66. The number of hydrogen-bond donors (Lipinski definition) is 0. The first-order chi connectivity index (χ1) is 12.2. The second-order valence-corrected chi connectivity index (χ2v) is 5.48. The van der Waals surface area contributed by atoms with Crippen LogP contribution >= 0.6 is 0 Å². The maximum atomic E-state index is 12.2. The monoisotopic (exact) mass is 337 g/mol. The number of para-hydroxylation sites is 2. The molecule has 0 radical (unpaired) electrons. The summed E-state index contributed by atoms with van der Waals surface area (Å²) in [6.45, 7) is 0.185. The highest BCUT2D eigenvalue weighted by atomic mass is 16.5. The molecule has 0 fully saturated rings. The van der Waals surface area contributed by atoms with Gasteiger partial charge in [-0.25, -0.2) is 0 Å². The quantitative estimate of drug-likeness (QED) is 0.728. The van der Waals surface area contributed by atoms with Crippen LogP contribution in [0.5, 0.6) is 11.5 Å². The fourth-order valence-corrected chi connectivity index (χ4v) is 2.66. The first-order valence-corrected chi connectivity index (χ1v) is 7.74. The van der Waals surface area contributed by atoms with E-state index in [-0.39, 0.29) is 19.1 Å². The second kappa shape index (κ2) is 6.27. The van der Waals surface area contributed by atoms with Gasteiger partial charge in [-0.05, 0) is 24.3 Å². The third kappa shape index (κ3) is 2.91. The van der Waals surface area contributed by atoms with Gasteiger partial charge in [-0.1, -0.05) is 29.4 Å². The van der Waals surface area contributed by atoms with Crippen molar-refractivity contribution in [1.29, 1.82) is 0 Å². The molecule has 0 aliphatic carbocycles. The molecular weight excluding hydrogens is 322 g/mol. The Labute approximate surface area is 143 Å². The summed E-state index contributed by atoms with van der Waals surface area (Å²) in [5.74, 6) is 2.02. The Morgan fingerprint density at radius 2 is 2.08 bits per heavy atom. The van der Waals surface area contributed by atoms with Crippen LogP contribution in [0.1, 0.15) is 5.89 Å². The molecule has 2 aromatic carbocycles. The zero-order valence-electron chi connectivity index (χ0n) is 13.5. The molecule has 126 valence electrons. The summed E-state index contributed by atoms with van der Waals surface area (Å²) < 4.78 is 16.0. The van der Waals surface area contributed by atoms with E-state index in [1.807, 2.05) is 48.5 Å². The number of carbonyl (C=O) groups excluding carboxylic acids is 1. The van der Waals surface area contributed by atoms with Crippen LogP contribution in [0.25, 0.3) is 11.4 Å². The Morgan fingerprint density at radius 1 is 1.20 bits per heavy atom. The Hall–Kier alpha value is -3.35. The summed E-state index contributed by atoms with van der Waals surface area (Å²) in [6, 6.07) is 14.7. The normalized spacial score (nSPS) is 13.3. The molecule has 1 aromatic heterocycles. The van der Waals surface area contributed by atoms with Crippen LogP contribution < -0.4 is 14.4 Å². The Morgan fingerprint density at radius 3 is 2.96 bits per heavy atom. The molecule has 25 heavy (non-hydrogen) atoms. The van der Waals surface area contributed by atoms with Crippen molar-refractivity contribution in [3.63, 3.8) is 0 Å². The van der Waals surface area contributed by atoms with Crippen molar-refractivity contribution in [3.8, 4) is 22.9 Å². The van der Waals surface area contributed by atoms with Crippen LogP contribution in [0.15, 0.2) is 53.1 Å². The summed E-state index contributed by atoms with van der Waals surface area (Å²) in [6.07, 6.45) is 0. The van der Waals surface area contributed by atoms with E-state index in [1.54, 1.807) is 12.0 Å².